The Balaban J connectivity index is 2.76. The van der Waals surface area contributed by atoms with Crippen LogP contribution in [0.15, 0.2) is 6.20 Å². The van der Waals surface area contributed by atoms with Crippen LogP contribution in [-0.4, -0.2) is 27.5 Å². The molecule has 1 heterocycles. The molecule has 0 aliphatic rings. The first kappa shape index (κ1) is 9.50. The summed E-state index contributed by atoms with van der Waals surface area (Å²) in [7, 11) is 0. The van der Waals surface area contributed by atoms with Gasteiger partial charge in [0.1, 0.15) is 0 Å². The SMILES string of the molecule is Nc1cn(CCCF)nc1C(=O)O. The van der Waals surface area contributed by atoms with Gasteiger partial charge in [-0.3, -0.25) is 9.07 Å². The van der Waals surface area contributed by atoms with Crippen molar-refractivity contribution in [3.63, 3.8) is 0 Å². The van der Waals surface area contributed by atoms with Crippen molar-refractivity contribution in [2.24, 2.45) is 0 Å². The van der Waals surface area contributed by atoms with E-state index in [9.17, 15) is 9.18 Å². The van der Waals surface area contributed by atoms with Crippen molar-refractivity contribution in [2.75, 3.05) is 12.4 Å². The summed E-state index contributed by atoms with van der Waals surface area (Å²) in [5.41, 5.74) is 5.28. The number of nitrogens with zero attached hydrogens (tertiary/aromatic N) is 2. The number of nitrogens with two attached hydrogens (primary N) is 1. The highest BCUT2D eigenvalue weighted by Gasteiger charge is 2.12. The minimum atomic E-state index is -1.17. The first-order valence-corrected chi connectivity index (χ1v) is 3.77. The van der Waals surface area contributed by atoms with Gasteiger partial charge in [0.05, 0.1) is 12.4 Å². The number of aryl methyl sites for hydroxylation is 1. The van der Waals surface area contributed by atoms with Gasteiger partial charge in [-0.2, -0.15) is 5.10 Å². The average molecular weight is 187 g/mol. The lowest BCUT2D eigenvalue weighted by Gasteiger charge is -1.95. The topological polar surface area (TPSA) is 81.1 Å². The molecule has 0 atom stereocenters. The fourth-order valence-corrected chi connectivity index (χ4v) is 0.939. The normalized spacial score (nSPS) is 10.2. The minimum absolute atomic E-state index is 0.103. The summed E-state index contributed by atoms with van der Waals surface area (Å²) in [5, 5.41) is 12.2. The maximum atomic E-state index is 11.8. The smallest absolute Gasteiger partial charge is 0.358 e. The number of carboxylic acid groups (broad SMARTS) is 1. The Kier molecular flexibility index (Phi) is 2.84. The summed E-state index contributed by atoms with van der Waals surface area (Å²) >= 11 is 0. The summed E-state index contributed by atoms with van der Waals surface area (Å²) in [6.45, 7) is -0.115. The molecule has 1 rings (SSSR count). The van der Waals surface area contributed by atoms with E-state index in [1.165, 1.54) is 10.9 Å². The highest BCUT2D eigenvalue weighted by atomic mass is 19.1. The van der Waals surface area contributed by atoms with E-state index >= 15 is 0 Å². The lowest BCUT2D eigenvalue weighted by atomic mass is 10.4. The van der Waals surface area contributed by atoms with E-state index in [4.69, 9.17) is 10.8 Å². The van der Waals surface area contributed by atoms with Crippen LogP contribution in [0.5, 0.6) is 0 Å². The highest BCUT2D eigenvalue weighted by molar-refractivity contribution is 5.91. The number of nitrogen functional groups attached to an aromatic ring is 1. The Morgan fingerprint density at radius 2 is 2.46 bits per heavy atom. The van der Waals surface area contributed by atoms with Crippen LogP contribution in [0, 0.1) is 0 Å². The summed E-state index contributed by atoms with van der Waals surface area (Å²) in [6.07, 6.45) is 1.69. The van der Waals surface area contributed by atoms with E-state index < -0.39 is 12.6 Å². The van der Waals surface area contributed by atoms with Crippen molar-refractivity contribution < 1.29 is 14.3 Å². The molecule has 1 aromatic rings. The van der Waals surface area contributed by atoms with E-state index in [0.29, 0.717) is 13.0 Å². The summed E-state index contributed by atoms with van der Waals surface area (Å²) in [6, 6.07) is 0. The van der Waals surface area contributed by atoms with Crippen LogP contribution < -0.4 is 5.73 Å². The maximum absolute atomic E-state index is 11.8. The molecule has 0 unspecified atom stereocenters. The van der Waals surface area contributed by atoms with Crippen molar-refractivity contribution in [3.8, 4) is 0 Å². The van der Waals surface area contributed by atoms with Crippen LogP contribution in [0.2, 0.25) is 0 Å². The Bertz CT molecular complexity index is 311. The summed E-state index contributed by atoms with van der Waals surface area (Å²) in [5.74, 6) is -1.17. The summed E-state index contributed by atoms with van der Waals surface area (Å²) < 4.78 is 13.1. The fraction of sp³-hybridized carbons (Fsp3) is 0.429. The Morgan fingerprint density at radius 3 is 2.92 bits per heavy atom. The number of anilines is 1. The quantitative estimate of drug-likeness (QED) is 0.720. The van der Waals surface area contributed by atoms with Crippen LogP contribution in [0.3, 0.4) is 0 Å². The van der Waals surface area contributed by atoms with E-state index in [-0.39, 0.29) is 11.4 Å². The monoisotopic (exact) mass is 187 g/mol. The Morgan fingerprint density at radius 1 is 1.77 bits per heavy atom. The van der Waals surface area contributed by atoms with Gasteiger partial charge in [0, 0.05) is 12.7 Å². The number of rotatable bonds is 4. The third-order valence-corrected chi connectivity index (χ3v) is 1.51. The molecule has 6 heteroatoms. The molecule has 0 aromatic carbocycles. The number of hydrogen-bond donors (Lipinski definition) is 2. The van der Waals surface area contributed by atoms with E-state index in [0.717, 1.165) is 0 Å². The van der Waals surface area contributed by atoms with Crippen LogP contribution >= 0.6 is 0 Å². The van der Waals surface area contributed by atoms with Crippen molar-refractivity contribution in [3.05, 3.63) is 11.9 Å². The number of aromatic carboxylic acids is 1. The largest absolute Gasteiger partial charge is 0.476 e. The number of halogens is 1. The fourth-order valence-electron chi connectivity index (χ4n) is 0.939. The van der Waals surface area contributed by atoms with Crippen molar-refractivity contribution in [2.45, 2.75) is 13.0 Å². The average Bonchev–Trinajstić information content (AvgIpc) is 2.43. The number of carbonyl (C=O) groups is 1. The predicted octanol–water partition coefficient (Wildman–Crippen LogP) is 0.523. The third kappa shape index (κ3) is 2.17. The number of hydrogen-bond acceptors (Lipinski definition) is 3. The molecule has 3 N–H and O–H groups in total. The lowest BCUT2D eigenvalue weighted by molar-refractivity contribution is 0.0690. The van der Waals surface area contributed by atoms with Gasteiger partial charge >= 0.3 is 5.97 Å². The van der Waals surface area contributed by atoms with Crippen molar-refractivity contribution >= 4 is 11.7 Å². The van der Waals surface area contributed by atoms with Crippen molar-refractivity contribution in [1.29, 1.82) is 0 Å². The van der Waals surface area contributed by atoms with Gasteiger partial charge in [-0.05, 0) is 6.42 Å². The second kappa shape index (κ2) is 3.88. The molecule has 5 nitrogen and oxygen atoms in total. The molecular formula is C7H10FN3O2. The molecule has 0 aliphatic heterocycles. The van der Waals surface area contributed by atoms with E-state index in [1.54, 1.807) is 0 Å². The Labute approximate surface area is 74.0 Å². The molecule has 72 valence electrons. The van der Waals surface area contributed by atoms with Crippen molar-refractivity contribution in [1.82, 2.24) is 9.78 Å². The van der Waals surface area contributed by atoms with Crippen LogP contribution in [0.1, 0.15) is 16.9 Å². The zero-order chi connectivity index (χ0) is 9.84. The number of carboxylic acids is 1. The molecule has 0 saturated heterocycles. The standard InChI is InChI=1S/C7H10FN3O2/c8-2-1-3-11-4-5(9)6(10-11)7(12)13/h4H,1-3,9H2,(H,12,13). The van der Waals surface area contributed by atoms with Gasteiger partial charge in [-0.15, -0.1) is 0 Å². The molecule has 0 amide bonds. The second-order valence-corrected chi connectivity index (χ2v) is 2.54. The highest BCUT2D eigenvalue weighted by Crippen LogP contribution is 2.08. The molecule has 0 bridgehead atoms. The molecule has 13 heavy (non-hydrogen) atoms. The van der Waals surface area contributed by atoms with Gasteiger partial charge in [0.25, 0.3) is 0 Å². The number of alkyl halides is 1. The molecule has 0 saturated carbocycles. The van der Waals surface area contributed by atoms with Gasteiger partial charge in [0.2, 0.25) is 0 Å². The van der Waals surface area contributed by atoms with E-state index in [1.807, 2.05) is 0 Å². The molecule has 0 radical (unpaired) electrons. The van der Waals surface area contributed by atoms with Gasteiger partial charge in [0.15, 0.2) is 5.69 Å². The van der Waals surface area contributed by atoms with Gasteiger partial charge in [-0.1, -0.05) is 0 Å². The van der Waals surface area contributed by atoms with Gasteiger partial charge < -0.3 is 10.8 Å². The first-order valence-electron chi connectivity index (χ1n) is 3.77. The molecule has 0 spiro atoms. The zero-order valence-corrected chi connectivity index (χ0v) is 6.90. The predicted molar refractivity (Wildman–Crippen MR) is 44.2 cm³/mol. The lowest BCUT2D eigenvalue weighted by Crippen LogP contribution is -2.04. The van der Waals surface area contributed by atoms with Crippen LogP contribution in [0.4, 0.5) is 10.1 Å². The second-order valence-electron chi connectivity index (χ2n) is 2.54. The van der Waals surface area contributed by atoms with E-state index in [2.05, 4.69) is 5.10 Å². The molecule has 0 aliphatic carbocycles. The zero-order valence-electron chi connectivity index (χ0n) is 6.90. The Hall–Kier alpha value is -1.59. The van der Waals surface area contributed by atoms with Crippen LogP contribution in [0.25, 0.3) is 0 Å². The van der Waals surface area contributed by atoms with Gasteiger partial charge in [-0.25, -0.2) is 4.79 Å². The molecule has 0 fully saturated rings. The summed E-state index contributed by atoms with van der Waals surface area (Å²) in [4.78, 5) is 10.5. The minimum Gasteiger partial charge on any atom is -0.476 e. The maximum Gasteiger partial charge on any atom is 0.358 e. The first-order chi connectivity index (χ1) is 6.15. The third-order valence-electron chi connectivity index (χ3n) is 1.51. The number of aromatic nitrogens is 2. The molecular weight excluding hydrogens is 177 g/mol. The molecule has 1 aromatic heterocycles. The van der Waals surface area contributed by atoms with Crippen LogP contribution in [-0.2, 0) is 6.54 Å².